The number of hydrogen-bond acceptors (Lipinski definition) is 3. The number of H-pyrrole nitrogens is 1. The molecule has 1 atom stereocenters. The number of benzene rings is 1. The zero-order valence-corrected chi connectivity index (χ0v) is 11.6. The number of aromatic nitrogens is 2. The molecule has 0 saturated carbocycles. The second-order valence-electron chi connectivity index (χ2n) is 5.24. The molecule has 20 heavy (non-hydrogen) atoms. The fourth-order valence-electron chi connectivity index (χ4n) is 2.66. The summed E-state index contributed by atoms with van der Waals surface area (Å²) in [4.78, 5) is 0. The summed E-state index contributed by atoms with van der Waals surface area (Å²) in [6, 6.07) is 10.3. The van der Waals surface area contributed by atoms with Crippen LogP contribution < -0.4 is 5.32 Å². The number of hydrogen-bond donors (Lipinski definition) is 2. The quantitative estimate of drug-likeness (QED) is 0.794. The van der Waals surface area contributed by atoms with Crippen LogP contribution in [0.25, 0.3) is 11.3 Å². The van der Waals surface area contributed by atoms with Crippen LogP contribution >= 0.6 is 0 Å². The van der Waals surface area contributed by atoms with Gasteiger partial charge < -0.3 is 10.1 Å². The number of aromatic amines is 1. The van der Waals surface area contributed by atoms with Gasteiger partial charge in [-0.2, -0.15) is 5.10 Å². The highest BCUT2D eigenvalue weighted by Gasteiger charge is 2.14. The molecule has 4 heteroatoms. The molecular weight excluding hydrogens is 250 g/mol. The molecule has 0 spiro atoms. The van der Waals surface area contributed by atoms with E-state index >= 15 is 0 Å². The smallest absolute Gasteiger partial charge is 0.0695 e. The van der Waals surface area contributed by atoms with Gasteiger partial charge in [-0.1, -0.05) is 30.3 Å². The molecule has 0 radical (unpaired) electrons. The van der Waals surface area contributed by atoms with E-state index in [0.717, 1.165) is 31.8 Å². The number of nitrogens with zero attached hydrogens (tertiary/aromatic N) is 1. The first-order chi connectivity index (χ1) is 9.93. The Balaban J connectivity index is 1.52. The van der Waals surface area contributed by atoms with E-state index in [4.69, 9.17) is 4.74 Å². The van der Waals surface area contributed by atoms with Crippen molar-refractivity contribution >= 4 is 0 Å². The predicted octanol–water partition coefficient (Wildman–Crippen LogP) is 2.74. The largest absolute Gasteiger partial charge is 0.378 e. The minimum Gasteiger partial charge on any atom is -0.378 e. The Hall–Kier alpha value is -1.65. The predicted molar refractivity (Wildman–Crippen MR) is 79.3 cm³/mol. The van der Waals surface area contributed by atoms with Gasteiger partial charge in [-0.15, -0.1) is 0 Å². The summed E-state index contributed by atoms with van der Waals surface area (Å²) in [6.07, 6.45) is 5.88. The maximum absolute atomic E-state index is 5.62. The molecule has 106 valence electrons. The second-order valence-corrected chi connectivity index (χ2v) is 5.24. The molecule has 4 nitrogen and oxygen atoms in total. The average Bonchev–Trinajstić information content (AvgIpc) is 3.16. The van der Waals surface area contributed by atoms with Crippen LogP contribution in [0, 0.1) is 0 Å². The summed E-state index contributed by atoms with van der Waals surface area (Å²) >= 11 is 0. The van der Waals surface area contributed by atoms with Crippen molar-refractivity contribution in [1.82, 2.24) is 15.5 Å². The van der Waals surface area contributed by atoms with Crippen molar-refractivity contribution in [1.29, 1.82) is 0 Å². The van der Waals surface area contributed by atoms with Crippen LogP contribution in [0.1, 0.15) is 24.8 Å². The van der Waals surface area contributed by atoms with Crippen LogP contribution in [0.2, 0.25) is 0 Å². The van der Waals surface area contributed by atoms with Gasteiger partial charge in [0, 0.05) is 18.7 Å². The lowest BCUT2D eigenvalue weighted by Gasteiger charge is -2.10. The SMILES string of the molecule is c1ccc(-c2[nH]ncc2CNCCC2CCCO2)cc1. The Morgan fingerprint density at radius 3 is 3.00 bits per heavy atom. The fraction of sp³-hybridized carbons (Fsp3) is 0.438. The average molecular weight is 271 g/mol. The maximum atomic E-state index is 5.62. The summed E-state index contributed by atoms with van der Waals surface area (Å²) in [5, 5.41) is 10.7. The van der Waals surface area contributed by atoms with Gasteiger partial charge in [-0.3, -0.25) is 5.10 Å². The van der Waals surface area contributed by atoms with Crippen LogP contribution in [0.5, 0.6) is 0 Å². The fourth-order valence-corrected chi connectivity index (χ4v) is 2.66. The van der Waals surface area contributed by atoms with Gasteiger partial charge in [-0.25, -0.2) is 0 Å². The Morgan fingerprint density at radius 2 is 2.20 bits per heavy atom. The highest BCUT2D eigenvalue weighted by atomic mass is 16.5. The first-order valence-electron chi connectivity index (χ1n) is 7.33. The van der Waals surface area contributed by atoms with Crippen LogP contribution in [-0.2, 0) is 11.3 Å². The van der Waals surface area contributed by atoms with E-state index in [1.54, 1.807) is 0 Å². The van der Waals surface area contributed by atoms with Gasteiger partial charge in [0.2, 0.25) is 0 Å². The lowest BCUT2D eigenvalue weighted by Crippen LogP contribution is -2.19. The lowest BCUT2D eigenvalue weighted by molar-refractivity contribution is 0.104. The topological polar surface area (TPSA) is 49.9 Å². The summed E-state index contributed by atoms with van der Waals surface area (Å²) in [5.41, 5.74) is 3.50. The van der Waals surface area contributed by atoms with Gasteiger partial charge in [0.1, 0.15) is 0 Å². The summed E-state index contributed by atoms with van der Waals surface area (Å²) in [6.45, 7) is 2.77. The third-order valence-corrected chi connectivity index (χ3v) is 3.76. The van der Waals surface area contributed by atoms with Gasteiger partial charge in [0.05, 0.1) is 18.0 Å². The highest BCUT2D eigenvalue weighted by molar-refractivity contribution is 5.62. The monoisotopic (exact) mass is 271 g/mol. The maximum Gasteiger partial charge on any atom is 0.0695 e. The molecule has 1 fully saturated rings. The Bertz CT molecular complexity index is 518. The molecule has 0 amide bonds. The minimum absolute atomic E-state index is 0.459. The van der Waals surface area contributed by atoms with E-state index in [-0.39, 0.29) is 0 Å². The standard InChI is InChI=1S/C16H21N3O/c1-2-5-13(6-3-1)16-14(12-18-19-16)11-17-9-8-15-7-4-10-20-15/h1-3,5-6,12,15,17H,4,7-11H2,(H,18,19). The van der Waals surface area contributed by atoms with Crippen LogP contribution in [0.4, 0.5) is 0 Å². The molecule has 1 aromatic carbocycles. The summed E-state index contributed by atoms with van der Waals surface area (Å²) in [7, 11) is 0. The van der Waals surface area contributed by atoms with Gasteiger partial charge in [0.15, 0.2) is 0 Å². The molecule has 3 rings (SSSR count). The molecule has 2 aromatic rings. The first-order valence-corrected chi connectivity index (χ1v) is 7.33. The van der Waals surface area contributed by atoms with E-state index in [0.29, 0.717) is 6.10 Å². The summed E-state index contributed by atoms with van der Waals surface area (Å²) in [5.74, 6) is 0. The number of nitrogens with one attached hydrogen (secondary N) is 2. The second kappa shape index (κ2) is 6.68. The van der Waals surface area contributed by atoms with E-state index in [1.165, 1.54) is 24.0 Å². The molecule has 2 heterocycles. The third-order valence-electron chi connectivity index (χ3n) is 3.76. The normalized spacial score (nSPS) is 18.5. The molecule has 1 saturated heterocycles. The molecule has 2 N–H and O–H groups in total. The zero-order chi connectivity index (χ0) is 13.6. The first kappa shape index (κ1) is 13.3. The molecule has 1 aliphatic rings. The lowest BCUT2D eigenvalue weighted by atomic mass is 10.1. The van der Waals surface area contributed by atoms with E-state index < -0.39 is 0 Å². The minimum atomic E-state index is 0.459. The zero-order valence-electron chi connectivity index (χ0n) is 11.6. The molecule has 0 aliphatic carbocycles. The molecule has 0 bridgehead atoms. The molecule has 1 unspecified atom stereocenters. The number of rotatable bonds is 6. The van der Waals surface area contributed by atoms with Gasteiger partial charge in [0.25, 0.3) is 0 Å². The Labute approximate surface area is 119 Å². The van der Waals surface area contributed by atoms with Gasteiger partial charge in [-0.05, 0) is 31.4 Å². The van der Waals surface area contributed by atoms with Crippen molar-refractivity contribution in [3.05, 3.63) is 42.1 Å². The third kappa shape index (κ3) is 3.26. The Kier molecular flexibility index (Phi) is 4.46. The van der Waals surface area contributed by atoms with E-state index in [2.05, 4.69) is 27.6 Å². The Morgan fingerprint density at radius 1 is 1.30 bits per heavy atom. The van der Waals surface area contributed by atoms with Crippen molar-refractivity contribution < 1.29 is 4.74 Å². The molecule has 1 aromatic heterocycles. The van der Waals surface area contributed by atoms with Crippen LogP contribution in [0.15, 0.2) is 36.5 Å². The van der Waals surface area contributed by atoms with E-state index in [9.17, 15) is 0 Å². The number of ether oxygens (including phenoxy) is 1. The van der Waals surface area contributed by atoms with Crippen LogP contribution in [0.3, 0.4) is 0 Å². The van der Waals surface area contributed by atoms with Crippen molar-refractivity contribution in [3.8, 4) is 11.3 Å². The van der Waals surface area contributed by atoms with Crippen molar-refractivity contribution in [2.24, 2.45) is 0 Å². The van der Waals surface area contributed by atoms with Crippen molar-refractivity contribution in [2.75, 3.05) is 13.2 Å². The highest BCUT2D eigenvalue weighted by Crippen LogP contribution is 2.20. The van der Waals surface area contributed by atoms with Crippen LogP contribution in [-0.4, -0.2) is 29.5 Å². The van der Waals surface area contributed by atoms with Crippen molar-refractivity contribution in [3.63, 3.8) is 0 Å². The van der Waals surface area contributed by atoms with E-state index in [1.807, 2.05) is 24.4 Å². The molecular formula is C16H21N3O. The summed E-state index contributed by atoms with van der Waals surface area (Å²) < 4.78 is 5.62. The van der Waals surface area contributed by atoms with Gasteiger partial charge >= 0.3 is 0 Å². The van der Waals surface area contributed by atoms with Crippen molar-refractivity contribution in [2.45, 2.75) is 31.9 Å². The molecule has 1 aliphatic heterocycles.